The van der Waals surface area contributed by atoms with Crippen LogP contribution in [0.1, 0.15) is 109 Å². The maximum atomic E-state index is 3.23. The molecule has 1 radical (unpaired) electrons. The molecule has 0 amide bonds. The smallest absolute Gasteiger partial charge is 0.0106 e. The van der Waals surface area contributed by atoms with Gasteiger partial charge >= 0.3 is 0 Å². The summed E-state index contributed by atoms with van der Waals surface area (Å²) in [6, 6.07) is 11.4. The van der Waals surface area contributed by atoms with Crippen molar-refractivity contribution < 1.29 is 0 Å². The van der Waals surface area contributed by atoms with E-state index in [0.717, 1.165) is 0 Å². The summed E-state index contributed by atoms with van der Waals surface area (Å²) in [5, 5.41) is 0. The fraction of sp³-hybridized carbons (Fsp3) is 0.667. The lowest BCUT2D eigenvalue weighted by Crippen LogP contribution is -1.83. The molecule has 0 saturated heterocycles. The van der Waals surface area contributed by atoms with Gasteiger partial charge in [0.25, 0.3) is 0 Å². The molecule has 0 aliphatic rings. The van der Waals surface area contributed by atoms with Crippen LogP contribution < -0.4 is 0 Å². The van der Waals surface area contributed by atoms with Crippen LogP contribution >= 0.6 is 0 Å². The van der Waals surface area contributed by atoms with E-state index in [4.69, 9.17) is 0 Å². The Labute approximate surface area is 151 Å². The molecular weight excluding hydrogens is 288 g/mol. The van der Waals surface area contributed by atoms with Crippen LogP contribution in [0.3, 0.4) is 0 Å². The molecule has 0 N–H and O–H groups in total. The third kappa shape index (κ3) is 13.4. The van der Waals surface area contributed by atoms with E-state index in [9.17, 15) is 0 Å². The summed E-state index contributed by atoms with van der Waals surface area (Å²) in [6.45, 7) is 2.29. The van der Waals surface area contributed by atoms with E-state index in [0.29, 0.717) is 0 Å². The second-order valence-electron chi connectivity index (χ2n) is 7.11. The van der Waals surface area contributed by atoms with Gasteiger partial charge in [-0.15, -0.1) is 0 Å². The zero-order valence-electron chi connectivity index (χ0n) is 16.1. The van der Waals surface area contributed by atoms with Crippen LogP contribution in [0, 0.1) is 6.07 Å². The zero-order valence-corrected chi connectivity index (χ0v) is 16.1. The number of rotatable bonds is 16. The molecule has 0 atom stereocenters. The maximum absolute atomic E-state index is 3.23. The Bertz CT molecular complexity index is 376. The summed E-state index contributed by atoms with van der Waals surface area (Å²) < 4.78 is 0. The third-order valence-electron chi connectivity index (χ3n) is 4.75. The lowest BCUT2D eigenvalue weighted by Gasteiger charge is -2.02. The molecular formula is C24H39. The van der Waals surface area contributed by atoms with E-state index in [1.807, 2.05) is 12.1 Å². The van der Waals surface area contributed by atoms with Crippen molar-refractivity contribution in [3.05, 3.63) is 42.0 Å². The number of allylic oxidation sites excluding steroid dienone is 1. The molecule has 0 heteroatoms. The number of hydrogen-bond acceptors (Lipinski definition) is 0. The summed E-state index contributed by atoms with van der Waals surface area (Å²) in [5.41, 5.74) is 1.20. The van der Waals surface area contributed by atoms with Crippen LogP contribution in [-0.2, 0) is 0 Å². The third-order valence-corrected chi connectivity index (χ3v) is 4.75. The van der Waals surface area contributed by atoms with E-state index < -0.39 is 0 Å². The molecule has 1 rings (SSSR count). The van der Waals surface area contributed by atoms with E-state index in [2.05, 4.69) is 37.3 Å². The van der Waals surface area contributed by atoms with E-state index in [1.54, 1.807) is 0 Å². The van der Waals surface area contributed by atoms with Gasteiger partial charge in [-0.25, -0.2) is 0 Å². The Hall–Kier alpha value is -1.04. The summed E-state index contributed by atoms with van der Waals surface area (Å²) in [5.74, 6) is 0. The number of hydrogen-bond donors (Lipinski definition) is 0. The van der Waals surface area contributed by atoms with Gasteiger partial charge < -0.3 is 0 Å². The molecule has 24 heavy (non-hydrogen) atoms. The molecule has 0 nitrogen and oxygen atoms in total. The van der Waals surface area contributed by atoms with Crippen molar-refractivity contribution in [1.29, 1.82) is 0 Å². The van der Waals surface area contributed by atoms with Gasteiger partial charge in [0, 0.05) is 0 Å². The molecule has 1 aromatic rings. The van der Waals surface area contributed by atoms with Crippen molar-refractivity contribution >= 4 is 6.08 Å². The Morgan fingerprint density at radius 1 is 0.708 bits per heavy atom. The molecule has 0 bridgehead atoms. The van der Waals surface area contributed by atoms with Gasteiger partial charge in [0.05, 0.1) is 0 Å². The molecule has 0 unspecified atom stereocenters. The topological polar surface area (TPSA) is 0 Å². The highest BCUT2D eigenvalue weighted by Crippen LogP contribution is 2.13. The van der Waals surface area contributed by atoms with Gasteiger partial charge in [-0.2, -0.15) is 0 Å². The number of benzene rings is 1. The van der Waals surface area contributed by atoms with Crippen LogP contribution in [0.25, 0.3) is 6.08 Å². The van der Waals surface area contributed by atoms with E-state index >= 15 is 0 Å². The van der Waals surface area contributed by atoms with Crippen LogP contribution in [0.15, 0.2) is 30.3 Å². The Morgan fingerprint density at radius 2 is 1.25 bits per heavy atom. The van der Waals surface area contributed by atoms with Gasteiger partial charge in [-0.05, 0) is 24.5 Å². The summed E-state index contributed by atoms with van der Waals surface area (Å²) in [4.78, 5) is 0. The summed E-state index contributed by atoms with van der Waals surface area (Å²) in [7, 11) is 0. The average molecular weight is 328 g/mol. The van der Waals surface area contributed by atoms with Gasteiger partial charge in [-0.3, -0.25) is 0 Å². The highest BCUT2D eigenvalue weighted by atomic mass is 14.0. The molecule has 0 fully saturated rings. The minimum Gasteiger partial charge on any atom is -0.0839 e. The largest absolute Gasteiger partial charge is 0.0839 e. The first-order chi connectivity index (χ1) is 11.9. The van der Waals surface area contributed by atoms with Gasteiger partial charge in [0.1, 0.15) is 0 Å². The van der Waals surface area contributed by atoms with Crippen LogP contribution in [-0.4, -0.2) is 0 Å². The predicted molar refractivity (Wildman–Crippen MR) is 109 cm³/mol. The molecule has 1 aromatic carbocycles. The van der Waals surface area contributed by atoms with Gasteiger partial charge in [0.15, 0.2) is 0 Å². The first kappa shape index (κ1) is 21.0. The average Bonchev–Trinajstić information content (AvgIpc) is 2.62. The summed E-state index contributed by atoms with van der Waals surface area (Å²) in [6.07, 6.45) is 25.8. The van der Waals surface area contributed by atoms with Crippen LogP contribution in [0.4, 0.5) is 0 Å². The van der Waals surface area contributed by atoms with Crippen LogP contribution in [0.2, 0.25) is 0 Å². The molecule has 0 heterocycles. The fourth-order valence-electron chi connectivity index (χ4n) is 3.18. The first-order valence-corrected chi connectivity index (χ1v) is 10.6. The molecule has 0 aromatic heterocycles. The standard InChI is InChI=1S/C24H39/c1-2-3-4-5-6-7-8-9-10-11-12-13-14-15-16-18-21-24-22-19-17-20-23-24/h17-22H,2-16H2,1H3. The van der Waals surface area contributed by atoms with Crippen molar-refractivity contribution in [1.82, 2.24) is 0 Å². The fourth-order valence-corrected chi connectivity index (χ4v) is 3.18. The molecule has 0 aliphatic heterocycles. The highest BCUT2D eigenvalue weighted by molar-refractivity contribution is 5.47. The molecule has 0 spiro atoms. The lowest BCUT2D eigenvalue weighted by molar-refractivity contribution is 0.536. The second kappa shape index (κ2) is 16.8. The van der Waals surface area contributed by atoms with Crippen molar-refractivity contribution in [2.75, 3.05) is 0 Å². The van der Waals surface area contributed by atoms with Crippen molar-refractivity contribution in [3.8, 4) is 0 Å². The molecule has 0 saturated carbocycles. The van der Waals surface area contributed by atoms with Crippen molar-refractivity contribution in [2.45, 2.75) is 103 Å². The summed E-state index contributed by atoms with van der Waals surface area (Å²) >= 11 is 0. The Morgan fingerprint density at radius 3 is 1.75 bits per heavy atom. The lowest BCUT2D eigenvalue weighted by atomic mass is 10.0. The zero-order chi connectivity index (χ0) is 17.1. The molecule has 135 valence electrons. The minimum atomic E-state index is 1.20. The van der Waals surface area contributed by atoms with Crippen molar-refractivity contribution in [3.63, 3.8) is 0 Å². The Kier molecular flexibility index (Phi) is 14.7. The van der Waals surface area contributed by atoms with Gasteiger partial charge in [-0.1, -0.05) is 127 Å². The monoisotopic (exact) mass is 327 g/mol. The van der Waals surface area contributed by atoms with E-state index in [-0.39, 0.29) is 0 Å². The first-order valence-electron chi connectivity index (χ1n) is 10.6. The molecule has 0 aliphatic carbocycles. The predicted octanol–water partition coefficient (Wildman–Crippen LogP) is 8.37. The highest BCUT2D eigenvalue weighted by Gasteiger charge is 1.93. The van der Waals surface area contributed by atoms with E-state index in [1.165, 1.54) is 102 Å². The second-order valence-corrected chi connectivity index (χ2v) is 7.11. The quantitative estimate of drug-likeness (QED) is 0.267. The minimum absolute atomic E-state index is 1.20. The van der Waals surface area contributed by atoms with Crippen molar-refractivity contribution in [2.24, 2.45) is 0 Å². The normalized spacial score (nSPS) is 11.4. The maximum Gasteiger partial charge on any atom is -0.0106 e. The SMILES string of the molecule is CCCCCCCCCCCCCCCCC=Cc1[c]cccc1. The number of unbranched alkanes of at least 4 members (excludes halogenated alkanes) is 14. The van der Waals surface area contributed by atoms with Gasteiger partial charge in [0.2, 0.25) is 0 Å². The Balaban J connectivity index is 1.75. The van der Waals surface area contributed by atoms with Crippen LogP contribution in [0.5, 0.6) is 0 Å².